The summed E-state index contributed by atoms with van der Waals surface area (Å²) in [5.41, 5.74) is 5.73. The van der Waals surface area contributed by atoms with Gasteiger partial charge in [0.15, 0.2) is 9.84 Å². The molecule has 1 fully saturated rings. The first-order valence-electron chi connectivity index (χ1n) is 11.7. The van der Waals surface area contributed by atoms with Gasteiger partial charge < -0.3 is 25.9 Å². The van der Waals surface area contributed by atoms with Crippen LogP contribution >= 0.6 is 0 Å². The largest absolute Gasteiger partial charge is 0.454 e. The second kappa shape index (κ2) is 7.21. The van der Waals surface area contributed by atoms with Gasteiger partial charge >= 0.3 is 0 Å². The van der Waals surface area contributed by atoms with Crippen LogP contribution in [0, 0.1) is 5.92 Å². The van der Waals surface area contributed by atoms with Crippen molar-refractivity contribution in [2.45, 2.75) is 42.0 Å². The van der Waals surface area contributed by atoms with E-state index in [9.17, 15) is 23.1 Å². The number of nitrogens with one attached hydrogen (secondary N) is 2. The van der Waals surface area contributed by atoms with Crippen LogP contribution in [0.2, 0.25) is 0 Å². The van der Waals surface area contributed by atoms with Gasteiger partial charge in [-0.2, -0.15) is 0 Å². The summed E-state index contributed by atoms with van der Waals surface area (Å²) >= 11 is 0. The second-order valence-electron chi connectivity index (χ2n) is 9.94. The molecule has 6 rings (SSSR count). The number of rotatable bonds is 5. The third kappa shape index (κ3) is 2.94. The molecule has 2 aliphatic carbocycles. The summed E-state index contributed by atoms with van der Waals surface area (Å²) in [4.78, 5) is 30.0. The number of nitrogen functional groups attached to an aromatic ring is 1. The first kappa shape index (κ1) is 22.8. The van der Waals surface area contributed by atoms with Gasteiger partial charge in [0.05, 0.1) is 5.56 Å². The molecule has 3 aromatic rings. The lowest BCUT2D eigenvalue weighted by Crippen LogP contribution is -2.60. The van der Waals surface area contributed by atoms with Crippen LogP contribution in [-0.4, -0.2) is 36.5 Å². The van der Waals surface area contributed by atoms with E-state index in [0.717, 1.165) is 24.7 Å². The predicted octanol–water partition coefficient (Wildman–Crippen LogP) is 2.57. The zero-order chi connectivity index (χ0) is 25.6. The molecule has 0 spiro atoms. The van der Waals surface area contributed by atoms with Crippen molar-refractivity contribution in [1.82, 2.24) is 10.3 Å². The molecule has 1 amide bonds. The highest BCUT2D eigenvalue weighted by molar-refractivity contribution is 7.90. The fourth-order valence-corrected chi connectivity index (χ4v) is 6.11. The molecule has 0 bridgehead atoms. The van der Waals surface area contributed by atoms with E-state index >= 15 is 0 Å². The molecule has 2 aromatic carbocycles. The molecular formula is C26H25N3O6S. The Balaban J connectivity index is 1.50. The number of Topliss-reactive ketones (excluding diaryl/α,β-unsaturated/α-hetero) is 1. The van der Waals surface area contributed by atoms with Crippen molar-refractivity contribution in [3.05, 3.63) is 76.5 Å². The first-order valence-corrected chi connectivity index (χ1v) is 13.6. The van der Waals surface area contributed by atoms with Gasteiger partial charge in [0.25, 0.3) is 11.7 Å². The van der Waals surface area contributed by atoms with Crippen LogP contribution < -0.4 is 15.8 Å². The molecule has 3 atom stereocenters. The monoisotopic (exact) mass is 507 g/mol. The minimum absolute atomic E-state index is 0.0738. The molecule has 1 aromatic heterocycles. The molecule has 3 aliphatic rings. The Bertz CT molecular complexity index is 1570. The molecule has 36 heavy (non-hydrogen) atoms. The molecule has 0 unspecified atom stereocenters. The van der Waals surface area contributed by atoms with Crippen molar-refractivity contribution in [1.29, 1.82) is 0 Å². The van der Waals surface area contributed by atoms with E-state index in [1.807, 2.05) is 12.1 Å². The number of ether oxygens (including phenoxy) is 1. The van der Waals surface area contributed by atoms with Crippen LogP contribution in [-0.2, 0) is 21.2 Å². The molecule has 10 heteroatoms. The zero-order valence-electron chi connectivity index (χ0n) is 19.7. The number of anilines is 1. The van der Waals surface area contributed by atoms with E-state index in [4.69, 9.17) is 10.5 Å². The topological polar surface area (TPSA) is 152 Å². The number of hydrogen-bond donors (Lipinski definition) is 4. The van der Waals surface area contributed by atoms with Crippen molar-refractivity contribution >= 4 is 27.2 Å². The summed E-state index contributed by atoms with van der Waals surface area (Å²) in [5, 5.41) is 14.6. The third-order valence-corrected chi connectivity index (χ3v) is 8.70. The highest BCUT2D eigenvalue weighted by Crippen LogP contribution is 2.59. The van der Waals surface area contributed by atoms with Crippen LogP contribution in [0.1, 0.15) is 63.2 Å². The Kier molecular flexibility index (Phi) is 4.57. The Morgan fingerprint density at radius 3 is 2.61 bits per heavy atom. The maximum Gasteiger partial charge on any atom is 0.271 e. The quantitative estimate of drug-likeness (QED) is 0.387. The van der Waals surface area contributed by atoms with E-state index in [1.165, 1.54) is 12.1 Å². The second-order valence-corrected chi connectivity index (χ2v) is 11.9. The Morgan fingerprint density at radius 2 is 1.94 bits per heavy atom. The van der Waals surface area contributed by atoms with Crippen molar-refractivity contribution in [2.75, 3.05) is 12.0 Å². The van der Waals surface area contributed by atoms with E-state index in [0.29, 0.717) is 17.2 Å². The number of H-pyrrole nitrogens is 1. The molecule has 1 saturated carbocycles. The lowest BCUT2D eigenvalue weighted by atomic mass is 9.81. The van der Waals surface area contributed by atoms with E-state index in [-0.39, 0.29) is 33.5 Å². The summed E-state index contributed by atoms with van der Waals surface area (Å²) in [6.07, 6.45) is 3.32. The standard InChI is InChI=1S/C26H25N3O6S/c1-13(14-6-7-14)15-8-9-16-20(12-15)35-26(32)17-4-3-5-18(27)22(17)23(30)25(16,26)29-24(31)19-10-11-21(28-19)36(2,33)34/h3-5,8-14,28,32H,6-7,27H2,1-2H3,(H,29,31)/t13-,25+,26+/m0/s1. The zero-order valence-corrected chi connectivity index (χ0v) is 20.5. The molecule has 2 heterocycles. The SMILES string of the molecule is C[C@H](c1ccc2c(c1)O[C@]1(O)c3cccc(N)c3C(=O)[C@]21NC(=O)c1ccc(S(C)(=O)=O)[nH]1)C1CC1. The van der Waals surface area contributed by atoms with Gasteiger partial charge in [0.1, 0.15) is 16.5 Å². The minimum atomic E-state index is -3.59. The number of carbonyl (C=O) groups excluding carboxylic acids is 2. The number of carbonyl (C=O) groups is 2. The number of benzene rings is 2. The van der Waals surface area contributed by atoms with Crippen molar-refractivity contribution in [2.24, 2.45) is 5.92 Å². The number of hydrogen-bond acceptors (Lipinski definition) is 7. The van der Waals surface area contributed by atoms with E-state index < -0.39 is 32.9 Å². The molecule has 0 radical (unpaired) electrons. The van der Waals surface area contributed by atoms with Gasteiger partial charge in [-0.05, 0) is 54.5 Å². The molecule has 0 saturated heterocycles. The Labute approximate surface area is 207 Å². The van der Waals surface area contributed by atoms with Crippen molar-refractivity contribution in [3.63, 3.8) is 0 Å². The third-order valence-electron chi connectivity index (χ3n) is 7.66. The number of fused-ring (bicyclic) bond motifs is 5. The smallest absolute Gasteiger partial charge is 0.271 e. The molecule has 9 nitrogen and oxygen atoms in total. The predicted molar refractivity (Wildman–Crippen MR) is 130 cm³/mol. The van der Waals surface area contributed by atoms with Gasteiger partial charge in [0, 0.05) is 23.1 Å². The maximum absolute atomic E-state index is 14.0. The average molecular weight is 508 g/mol. The summed E-state index contributed by atoms with van der Waals surface area (Å²) in [7, 11) is -3.59. The highest BCUT2D eigenvalue weighted by atomic mass is 32.2. The lowest BCUT2D eigenvalue weighted by Gasteiger charge is -2.34. The number of aliphatic hydroxyl groups is 1. The van der Waals surface area contributed by atoms with Crippen molar-refractivity contribution < 1.29 is 27.9 Å². The Hall–Kier alpha value is -3.63. The number of sulfone groups is 1. The normalized spacial score (nSPS) is 25.0. The molecule has 1 aliphatic heterocycles. The molecule has 186 valence electrons. The van der Waals surface area contributed by atoms with Gasteiger partial charge in [-0.25, -0.2) is 8.42 Å². The number of aromatic amines is 1. The number of amides is 1. The van der Waals surface area contributed by atoms with Gasteiger partial charge in [-0.15, -0.1) is 0 Å². The molecular weight excluding hydrogens is 482 g/mol. The van der Waals surface area contributed by atoms with Crippen LogP contribution in [0.5, 0.6) is 5.75 Å². The minimum Gasteiger partial charge on any atom is -0.454 e. The van der Waals surface area contributed by atoms with Gasteiger partial charge in [-0.3, -0.25) is 9.59 Å². The van der Waals surface area contributed by atoms with E-state index in [1.54, 1.807) is 24.3 Å². The average Bonchev–Trinajstić information content (AvgIpc) is 3.43. The Morgan fingerprint density at radius 1 is 1.19 bits per heavy atom. The highest BCUT2D eigenvalue weighted by Gasteiger charge is 2.72. The first-order chi connectivity index (χ1) is 17.0. The summed E-state index contributed by atoms with van der Waals surface area (Å²) in [5.74, 6) is -2.47. The summed E-state index contributed by atoms with van der Waals surface area (Å²) in [6, 6.07) is 12.7. The van der Waals surface area contributed by atoms with Crippen LogP contribution in [0.15, 0.2) is 53.6 Å². The fourth-order valence-electron chi connectivity index (χ4n) is 5.50. The lowest BCUT2D eigenvalue weighted by molar-refractivity contribution is -0.169. The van der Waals surface area contributed by atoms with Crippen LogP contribution in [0.4, 0.5) is 5.69 Å². The van der Waals surface area contributed by atoms with Gasteiger partial charge in [0.2, 0.25) is 11.3 Å². The van der Waals surface area contributed by atoms with E-state index in [2.05, 4.69) is 17.2 Å². The molecule has 5 N–H and O–H groups in total. The number of aromatic nitrogens is 1. The van der Waals surface area contributed by atoms with Crippen molar-refractivity contribution in [3.8, 4) is 5.75 Å². The summed E-state index contributed by atoms with van der Waals surface area (Å²) in [6.45, 7) is 2.13. The number of nitrogens with two attached hydrogens (primary N) is 1. The maximum atomic E-state index is 14.0. The number of ketones is 1. The fraction of sp³-hybridized carbons (Fsp3) is 0.308. The van der Waals surface area contributed by atoms with Crippen LogP contribution in [0.25, 0.3) is 0 Å². The summed E-state index contributed by atoms with van der Waals surface area (Å²) < 4.78 is 29.9. The van der Waals surface area contributed by atoms with Crippen LogP contribution in [0.3, 0.4) is 0 Å². The van der Waals surface area contributed by atoms with Gasteiger partial charge in [-0.1, -0.05) is 31.2 Å².